The molecule has 1 aliphatic carbocycles. The Morgan fingerprint density at radius 2 is 1.68 bits per heavy atom. The van der Waals surface area contributed by atoms with E-state index in [4.69, 9.17) is 9.98 Å². The van der Waals surface area contributed by atoms with Gasteiger partial charge in [-0.2, -0.15) is 0 Å². The van der Waals surface area contributed by atoms with Gasteiger partial charge >= 0.3 is 0 Å². The lowest BCUT2D eigenvalue weighted by atomic mass is 9.68. The first-order valence-corrected chi connectivity index (χ1v) is 10.9. The van der Waals surface area contributed by atoms with Crippen molar-refractivity contribution in [2.24, 2.45) is 21.3 Å². The largest absolute Gasteiger partial charge is 0.293 e. The summed E-state index contributed by atoms with van der Waals surface area (Å²) in [5, 5.41) is 0. The molecule has 0 saturated carbocycles. The molecule has 31 heavy (non-hydrogen) atoms. The van der Waals surface area contributed by atoms with Crippen molar-refractivity contribution in [3.8, 4) is 0 Å². The fourth-order valence-corrected chi connectivity index (χ4v) is 4.87. The van der Waals surface area contributed by atoms with Crippen molar-refractivity contribution >= 4 is 23.5 Å². The Labute approximate surface area is 182 Å². The van der Waals surface area contributed by atoms with Crippen LogP contribution in [0.5, 0.6) is 0 Å². The van der Waals surface area contributed by atoms with E-state index in [1.54, 1.807) is 36.4 Å². The number of Topliss-reactive ketones (excluding diaryl/α,β-unsaturated/α-hetero) is 1. The normalized spacial score (nSPS) is 24.3. The fourth-order valence-electron chi connectivity index (χ4n) is 4.87. The van der Waals surface area contributed by atoms with Gasteiger partial charge in [-0.1, -0.05) is 66.7 Å². The Balaban J connectivity index is 1.40. The molecule has 0 saturated heterocycles. The van der Waals surface area contributed by atoms with Gasteiger partial charge in [0.1, 0.15) is 0 Å². The number of allylic oxidation sites excluding steroid dienone is 3. The minimum absolute atomic E-state index is 0.0223. The summed E-state index contributed by atoms with van der Waals surface area (Å²) < 4.78 is 0. The van der Waals surface area contributed by atoms with Gasteiger partial charge in [0.05, 0.1) is 11.3 Å². The lowest BCUT2D eigenvalue weighted by molar-refractivity contribution is 0.0957. The van der Waals surface area contributed by atoms with Gasteiger partial charge in [0.15, 0.2) is 11.6 Å². The number of benzene rings is 2. The predicted molar refractivity (Wildman–Crippen MR) is 123 cm³/mol. The van der Waals surface area contributed by atoms with E-state index in [9.17, 15) is 9.59 Å². The highest BCUT2D eigenvalue weighted by atomic mass is 16.1. The number of hydrogen-bond acceptors (Lipinski definition) is 4. The molecule has 0 bridgehead atoms. The van der Waals surface area contributed by atoms with Crippen LogP contribution in [0.25, 0.3) is 0 Å². The Bertz CT molecular complexity index is 1140. The van der Waals surface area contributed by atoms with Crippen LogP contribution in [0.2, 0.25) is 0 Å². The first kappa shape index (κ1) is 19.6. The zero-order valence-corrected chi connectivity index (χ0v) is 17.3. The van der Waals surface area contributed by atoms with Gasteiger partial charge in [-0.05, 0) is 25.7 Å². The Morgan fingerprint density at radius 1 is 0.935 bits per heavy atom. The zero-order valence-electron chi connectivity index (χ0n) is 17.3. The number of nitrogens with zero attached hydrogens (tertiary/aromatic N) is 2. The van der Waals surface area contributed by atoms with E-state index in [0.717, 1.165) is 37.1 Å². The van der Waals surface area contributed by atoms with Gasteiger partial charge in [-0.3, -0.25) is 19.6 Å². The van der Waals surface area contributed by atoms with Crippen molar-refractivity contribution in [2.75, 3.05) is 0 Å². The lowest BCUT2D eigenvalue weighted by Gasteiger charge is -2.38. The maximum Gasteiger partial charge on any atom is 0.193 e. The molecule has 0 fully saturated rings. The van der Waals surface area contributed by atoms with Crippen molar-refractivity contribution < 1.29 is 9.59 Å². The molecule has 154 valence electrons. The average Bonchev–Trinajstić information content (AvgIpc) is 3.01. The monoisotopic (exact) mass is 408 g/mol. The molecular weight excluding hydrogens is 384 g/mol. The molecule has 1 spiro atoms. The van der Waals surface area contributed by atoms with E-state index >= 15 is 0 Å². The number of carbonyl (C=O) groups is 2. The highest BCUT2D eigenvalue weighted by Crippen LogP contribution is 2.47. The third kappa shape index (κ3) is 3.52. The van der Waals surface area contributed by atoms with Crippen LogP contribution in [-0.4, -0.2) is 23.5 Å². The predicted octanol–water partition coefficient (Wildman–Crippen LogP) is 5.60. The molecule has 2 unspecified atom stereocenters. The Kier molecular flexibility index (Phi) is 5.06. The third-order valence-corrected chi connectivity index (χ3v) is 6.60. The summed E-state index contributed by atoms with van der Waals surface area (Å²) in [6, 6.07) is 16.2. The van der Waals surface area contributed by atoms with E-state index in [2.05, 4.69) is 12.2 Å². The van der Waals surface area contributed by atoms with Crippen molar-refractivity contribution in [1.29, 1.82) is 0 Å². The lowest BCUT2D eigenvalue weighted by Crippen LogP contribution is -2.36. The SMILES string of the molecule is O=C(c1ccccc1)c1ccc(C(=O)C2C=NC3=CCCCC34CC=CN=C4C2)cc1. The van der Waals surface area contributed by atoms with E-state index in [-0.39, 0.29) is 22.9 Å². The second kappa shape index (κ2) is 8.03. The fraction of sp³-hybridized carbons (Fsp3) is 0.259. The van der Waals surface area contributed by atoms with Gasteiger partial charge in [0.25, 0.3) is 0 Å². The summed E-state index contributed by atoms with van der Waals surface area (Å²) in [5.41, 5.74) is 3.83. The third-order valence-electron chi connectivity index (χ3n) is 6.60. The first-order valence-electron chi connectivity index (χ1n) is 10.9. The number of rotatable bonds is 4. The molecule has 2 heterocycles. The zero-order chi connectivity index (χ0) is 21.3. The van der Waals surface area contributed by atoms with Crippen molar-refractivity contribution in [3.05, 3.63) is 95.3 Å². The Hall–Kier alpha value is -3.40. The molecule has 0 aromatic heterocycles. The molecule has 2 aliphatic heterocycles. The van der Waals surface area contributed by atoms with Crippen LogP contribution in [-0.2, 0) is 0 Å². The topological polar surface area (TPSA) is 58.9 Å². The molecule has 4 heteroatoms. The quantitative estimate of drug-likeness (QED) is 0.618. The first-order chi connectivity index (χ1) is 15.2. The van der Waals surface area contributed by atoms with Gasteiger partial charge in [0, 0.05) is 46.9 Å². The molecule has 2 aromatic carbocycles. The number of carbonyl (C=O) groups excluding carboxylic acids is 2. The molecular formula is C27H24N2O2. The summed E-state index contributed by atoms with van der Waals surface area (Å²) in [6.07, 6.45) is 12.7. The Morgan fingerprint density at radius 3 is 2.48 bits per heavy atom. The standard InChI is InChI=1S/C27H24N2O2/c30-25(19-7-2-1-3-8-19)20-10-12-21(13-11-20)26(31)22-17-24-27(15-6-16-28-24)14-5-4-9-23(27)29-18-22/h1-3,6-13,16,18,22H,4-5,14-15,17H2. The average molecular weight is 409 g/mol. The number of ketones is 2. The smallest absolute Gasteiger partial charge is 0.193 e. The highest BCUT2D eigenvalue weighted by molar-refractivity contribution is 6.12. The molecule has 3 aliphatic rings. The molecule has 2 atom stereocenters. The highest BCUT2D eigenvalue weighted by Gasteiger charge is 2.43. The second-order valence-electron chi connectivity index (χ2n) is 8.45. The second-order valence-corrected chi connectivity index (χ2v) is 8.45. The van der Waals surface area contributed by atoms with Crippen molar-refractivity contribution in [3.63, 3.8) is 0 Å². The number of aliphatic imine (C=N–C) groups is 2. The van der Waals surface area contributed by atoms with Gasteiger partial charge in [-0.15, -0.1) is 0 Å². The van der Waals surface area contributed by atoms with Crippen molar-refractivity contribution in [2.45, 2.75) is 32.1 Å². The van der Waals surface area contributed by atoms with Gasteiger partial charge < -0.3 is 0 Å². The number of hydrogen-bond donors (Lipinski definition) is 0. The van der Waals surface area contributed by atoms with Crippen LogP contribution in [0.3, 0.4) is 0 Å². The summed E-state index contributed by atoms with van der Waals surface area (Å²) in [5.74, 6) is -0.365. The summed E-state index contributed by atoms with van der Waals surface area (Å²) in [6.45, 7) is 0. The maximum absolute atomic E-state index is 13.3. The molecule has 5 rings (SSSR count). The molecule has 0 amide bonds. The van der Waals surface area contributed by atoms with Crippen LogP contribution in [0.4, 0.5) is 0 Å². The van der Waals surface area contributed by atoms with E-state index in [1.807, 2.05) is 30.6 Å². The van der Waals surface area contributed by atoms with Gasteiger partial charge in [0.2, 0.25) is 0 Å². The van der Waals surface area contributed by atoms with Crippen LogP contribution in [0.1, 0.15) is 58.4 Å². The van der Waals surface area contributed by atoms with E-state index < -0.39 is 0 Å². The minimum Gasteiger partial charge on any atom is -0.293 e. The van der Waals surface area contributed by atoms with Crippen LogP contribution >= 0.6 is 0 Å². The van der Waals surface area contributed by atoms with E-state index in [1.165, 1.54) is 0 Å². The van der Waals surface area contributed by atoms with Crippen LogP contribution in [0.15, 0.2) is 88.6 Å². The van der Waals surface area contributed by atoms with Crippen LogP contribution < -0.4 is 0 Å². The molecule has 4 nitrogen and oxygen atoms in total. The maximum atomic E-state index is 13.3. The summed E-state index contributed by atoms with van der Waals surface area (Å²) >= 11 is 0. The summed E-state index contributed by atoms with van der Waals surface area (Å²) in [4.78, 5) is 35.4. The molecule has 2 aromatic rings. The minimum atomic E-state index is -0.343. The molecule has 0 N–H and O–H groups in total. The van der Waals surface area contributed by atoms with E-state index in [0.29, 0.717) is 23.1 Å². The van der Waals surface area contributed by atoms with Crippen LogP contribution in [0, 0.1) is 11.3 Å². The molecule has 0 radical (unpaired) electrons. The van der Waals surface area contributed by atoms with Gasteiger partial charge in [-0.25, -0.2) is 0 Å². The van der Waals surface area contributed by atoms with Crippen molar-refractivity contribution in [1.82, 2.24) is 0 Å². The summed E-state index contributed by atoms with van der Waals surface area (Å²) in [7, 11) is 0.